The second-order valence-electron chi connectivity index (χ2n) is 6.60. The summed E-state index contributed by atoms with van der Waals surface area (Å²) < 4.78 is 1.51. The van der Waals surface area contributed by atoms with E-state index in [9.17, 15) is 14.9 Å². The van der Waals surface area contributed by atoms with E-state index in [1.54, 1.807) is 11.6 Å². The van der Waals surface area contributed by atoms with Crippen molar-refractivity contribution in [3.05, 3.63) is 57.1 Å². The van der Waals surface area contributed by atoms with E-state index in [4.69, 9.17) is 0 Å². The molecule has 2 aromatic heterocycles. The molecule has 4 rings (SSSR count). The van der Waals surface area contributed by atoms with Gasteiger partial charge in [-0.2, -0.15) is 9.38 Å². The predicted molar refractivity (Wildman–Crippen MR) is 103 cm³/mol. The first-order chi connectivity index (χ1) is 13.0. The number of carbonyl (C=O) groups excluding carboxylic acids is 1. The Hall–Kier alpha value is -2.94. The van der Waals surface area contributed by atoms with Crippen molar-refractivity contribution >= 4 is 33.8 Å². The maximum Gasteiger partial charge on any atom is 0.373 e. The average Bonchev–Trinajstić information content (AvgIpc) is 3.24. The van der Waals surface area contributed by atoms with E-state index in [1.165, 1.54) is 21.3 Å². The molecule has 0 saturated carbocycles. The fourth-order valence-corrected chi connectivity index (χ4v) is 4.01. The first-order valence-corrected chi connectivity index (χ1v) is 9.59. The lowest BCUT2D eigenvalue weighted by molar-refractivity contribution is -0.389. The summed E-state index contributed by atoms with van der Waals surface area (Å²) in [5.74, 6) is 0.460. The topological polar surface area (TPSA) is 84.0 Å². The van der Waals surface area contributed by atoms with Crippen molar-refractivity contribution in [1.29, 1.82) is 0 Å². The molecule has 27 heavy (non-hydrogen) atoms. The molecular weight excluding hydrogens is 366 g/mol. The summed E-state index contributed by atoms with van der Waals surface area (Å²) in [6.45, 7) is 4.15. The van der Waals surface area contributed by atoms with Gasteiger partial charge in [-0.1, -0.05) is 41.2 Å². The Morgan fingerprint density at radius 2 is 1.93 bits per heavy atom. The molecule has 8 nitrogen and oxygen atoms in total. The second-order valence-corrected chi connectivity index (χ2v) is 7.47. The molecule has 1 amide bonds. The van der Waals surface area contributed by atoms with Crippen LogP contribution in [0.2, 0.25) is 0 Å². The number of amides is 1. The Morgan fingerprint density at radius 1 is 1.22 bits per heavy atom. The van der Waals surface area contributed by atoms with Crippen LogP contribution in [0.15, 0.2) is 35.8 Å². The van der Waals surface area contributed by atoms with Crippen LogP contribution in [0.5, 0.6) is 0 Å². The third kappa shape index (κ3) is 3.37. The fourth-order valence-electron chi connectivity index (χ4n) is 3.30. The number of hydrogen-bond donors (Lipinski definition) is 0. The maximum atomic E-state index is 12.6. The summed E-state index contributed by atoms with van der Waals surface area (Å²) >= 11 is 1.37. The summed E-state index contributed by atoms with van der Waals surface area (Å²) in [7, 11) is 0. The van der Waals surface area contributed by atoms with E-state index in [-0.39, 0.29) is 11.7 Å². The normalized spacial score (nSPS) is 14.7. The highest BCUT2D eigenvalue weighted by Gasteiger charge is 2.31. The zero-order valence-electron chi connectivity index (χ0n) is 14.9. The van der Waals surface area contributed by atoms with Gasteiger partial charge in [-0.05, 0) is 17.4 Å². The molecule has 3 heterocycles. The molecule has 140 valence electrons. The average molecular weight is 385 g/mol. The quantitative estimate of drug-likeness (QED) is 0.509. The Balaban J connectivity index is 1.44. The fraction of sp³-hybridized carbons (Fsp3) is 0.333. The van der Waals surface area contributed by atoms with Crippen LogP contribution in [0.25, 0.3) is 4.96 Å². The third-order valence-corrected chi connectivity index (χ3v) is 5.56. The van der Waals surface area contributed by atoms with Crippen LogP contribution in [-0.2, 0) is 11.2 Å². The highest BCUT2D eigenvalue weighted by molar-refractivity contribution is 7.15. The Labute approximate surface area is 159 Å². The Bertz CT molecular complexity index is 986. The van der Waals surface area contributed by atoms with Crippen molar-refractivity contribution in [3.63, 3.8) is 0 Å². The zero-order valence-corrected chi connectivity index (χ0v) is 15.7. The molecule has 0 spiro atoms. The van der Waals surface area contributed by atoms with Gasteiger partial charge in [-0.3, -0.25) is 4.79 Å². The lowest BCUT2D eigenvalue weighted by Crippen LogP contribution is -2.49. The molecule has 1 aliphatic rings. The van der Waals surface area contributed by atoms with Gasteiger partial charge >= 0.3 is 5.82 Å². The maximum absolute atomic E-state index is 12.6. The summed E-state index contributed by atoms with van der Waals surface area (Å²) in [6.07, 6.45) is 2.04. The number of thiazole rings is 1. The summed E-state index contributed by atoms with van der Waals surface area (Å²) in [5.41, 5.74) is 2.17. The molecule has 0 unspecified atom stereocenters. The van der Waals surface area contributed by atoms with Gasteiger partial charge in [-0.25, -0.2) is 0 Å². The van der Waals surface area contributed by atoms with Crippen LogP contribution < -0.4 is 4.90 Å². The molecule has 0 aliphatic carbocycles. The van der Waals surface area contributed by atoms with Crippen molar-refractivity contribution in [3.8, 4) is 0 Å². The SMILES string of the molecule is Cc1ccc(CC(=O)N2CCN(c3nc4sccn4c3[N+](=O)[O-])CC2)cc1. The van der Waals surface area contributed by atoms with Crippen LogP contribution >= 0.6 is 11.3 Å². The first kappa shape index (κ1) is 17.5. The molecule has 0 atom stereocenters. The molecule has 3 aromatic rings. The van der Waals surface area contributed by atoms with E-state index in [2.05, 4.69) is 4.98 Å². The van der Waals surface area contributed by atoms with E-state index in [1.807, 2.05) is 41.0 Å². The van der Waals surface area contributed by atoms with Gasteiger partial charge in [0.25, 0.3) is 4.96 Å². The standard InChI is InChI=1S/C18H19N5O3S/c1-13-2-4-14(5-3-13)12-15(24)20-6-8-21(9-7-20)16-17(23(25)26)22-10-11-27-18(22)19-16/h2-5,10-11H,6-9,12H2,1H3. The number of rotatable bonds is 4. The molecule has 0 bridgehead atoms. The number of aromatic nitrogens is 2. The lowest BCUT2D eigenvalue weighted by Gasteiger charge is -2.34. The molecule has 0 radical (unpaired) electrons. The van der Waals surface area contributed by atoms with Crippen molar-refractivity contribution in [2.24, 2.45) is 0 Å². The number of hydrogen-bond acceptors (Lipinski definition) is 6. The predicted octanol–water partition coefficient (Wildman–Crippen LogP) is 2.50. The highest BCUT2D eigenvalue weighted by Crippen LogP contribution is 2.31. The van der Waals surface area contributed by atoms with Crippen LogP contribution in [0.1, 0.15) is 11.1 Å². The largest absolute Gasteiger partial charge is 0.373 e. The van der Waals surface area contributed by atoms with Gasteiger partial charge in [0.15, 0.2) is 0 Å². The molecule has 9 heteroatoms. The number of fused-ring (bicyclic) bond motifs is 1. The monoisotopic (exact) mass is 385 g/mol. The summed E-state index contributed by atoms with van der Waals surface area (Å²) in [5, 5.41) is 13.3. The number of anilines is 1. The minimum atomic E-state index is -0.392. The minimum absolute atomic E-state index is 0.00863. The summed E-state index contributed by atoms with van der Waals surface area (Å²) in [4.78, 5) is 32.4. The molecular formula is C18H19N5O3S. The Kier molecular flexibility index (Phi) is 4.53. The van der Waals surface area contributed by atoms with Crippen LogP contribution in [0, 0.1) is 17.0 Å². The van der Waals surface area contributed by atoms with Gasteiger partial charge in [0.2, 0.25) is 11.7 Å². The zero-order chi connectivity index (χ0) is 19.0. The van der Waals surface area contributed by atoms with Gasteiger partial charge in [0.1, 0.15) is 6.20 Å². The van der Waals surface area contributed by atoms with Crippen LogP contribution in [0.4, 0.5) is 11.6 Å². The highest BCUT2D eigenvalue weighted by atomic mass is 32.1. The van der Waals surface area contributed by atoms with E-state index >= 15 is 0 Å². The number of nitro groups is 1. The van der Waals surface area contributed by atoms with E-state index in [0.29, 0.717) is 43.4 Å². The van der Waals surface area contributed by atoms with Gasteiger partial charge in [-0.15, -0.1) is 0 Å². The number of aryl methyl sites for hydroxylation is 1. The van der Waals surface area contributed by atoms with Crippen LogP contribution in [-0.4, -0.2) is 51.3 Å². The van der Waals surface area contributed by atoms with Crippen molar-refractivity contribution in [2.45, 2.75) is 13.3 Å². The molecule has 1 saturated heterocycles. The van der Waals surface area contributed by atoms with Crippen molar-refractivity contribution in [1.82, 2.24) is 14.3 Å². The van der Waals surface area contributed by atoms with Gasteiger partial charge in [0.05, 0.1) is 6.42 Å². The van der Waals surface area contributed by atoms with Gasteiger partial charge in [0, 0.05) is 31.6 Å². The number of nitrogens with zero attached hydrogens (tertiary/aromatic N) is 5. The first-order valence-electron chi connectivity index (χ1n) is 8.71. The molecule has 1 aromatic carbocycles. The van der Waals surface area contributed by atoms with Crippen LogP contribution in [0.3, 0.4) is 0 Å². The number of carbonyl (C=O) groups is 1. The van der Waals surface area contributed by atoms with E-state index < -0.39 is 4.92 Å². The van der Waals surface area contributed by atoms with Crippen molar-refractivity contribution in [2.75, 3.05) is 31.1 Å². The smallest absolute Gasteiger partial charge is 0.358 e. The number of benzene rings is 1. The Morgan fingerprint density at radius 3 is 2.59 bits per heavy atom. The number of piperazine rings is 1. The molecule has 1 aliphatic heterocycles. The lowest BCUT2D eigenvalue weighted by atomic mass is 10.1. The van der Waals surface area contributed by atoms with Gasteiger partial charge < -0.3 is 19.9 Å². The van der Waals surface area contributed by atoms with Crippen molar-refractivity contribution < 1.29 is 9.72 Å². The molecule has 0 N–H and O–H groups in total. The molecule has 1 fully saturated rings. The van der Waals surface area contributed by atoms with E-state index in [0.717, 1.165) is 5.56 Å². The minimum Gasteiger partial charge on any atom is -0.358 e. The summed E-state index contributed by atoms with van der Waals surface area (Å²) in [6, 6.07) is 7.96. The third-order valence-electron chi connectivity index (χ3n) is 4.80. The second kappa shape index (κ2) is 6.99. The number of imidazole rings is 1.